The number of furan rings is 2. The lowest BCUT2D eigenvalue weighted by Crippen LogP contribution is -2.25. The Bertz CT molecular complexity index is 328. The molecule has 4 N–H and O–H groups in total. The van der Waals surface area contributed by atoms with Gasteiger partial charge >= 0.3 is 0 Å². The van der Waals surface area contributed by atoms with Crippen molar-refractivity contribution >= 4 is 0 Å². The summed E-state index contributed by atoms with van der Waals surface area (Å²) in [6.07, 6.45) is 6.36. The molecule has 0 aliphatic carbocycles. The van der Waals surface area contributed by atoms with E-state index in [0.29, 0.717) is 0 Å². The number of nitrogens with two attached hydrogens (primary N) is 2. The lowest BCUT2D eigenvalue weighted by atomic mass is 9.99. The molecule has 0 radical (unpaired) electrons. The molecule has 0 aromatic carbocycles. The van der Waals surface area contributed by atoms with Crippen molar-refractivity contribution in [2.45, 2.75) is 12.1 Å². The monoisotopic (exact) mass is 192 g/mol. The summed E-state index contributed by atoms with van der Waals surface area (Å²) in [7, 11) is 0. The Kier molecular flexibility index (Phi) is 2.39. The summed E-state index contributed by atoms with van der Waals surface area (Å²) in [4.78, 5) is 0. The molecule has 4 nitrogen and oxygen atoms in total. The first-order valence-electron chi connectivity index (χ1n) is 4.34. The van der Waals surface area contributed by atoms with Crippen molar-refractivity contribution in [3.05, 3.63) is 48.3 Å². The quantitative estimate of drug-likeness (QED) is 0.773. The van der Waals surface area contributed by atoms with E-state index in [1.807, 2.05) is 12.1 Å². The van der Waals surface area contributed by atoms with Crippen LogP contribution in [0.15, 0.2) is 46.0 Å². The molecule has 0 amide bonds. The minimum atomic E-state index is -0.272. The van der Waals surface area contributed by atoms with Gasteiger partial charge in [0.2, 0.25) is 0 Å². The van der Waals surface area contributed by atoms with Gasteiger partial charge in [0.1, 0.15) is 0 Å². The highest BCUT2D eigenvalue weighted by Gasteiger charge is 2.18. The maximum Gasteiger partial charge on any atom is 0.0951 e. The van der Waals surface area contributed by atoms with Crippen molar-refractivity contribution in [3.63, 3.8) is 0 Å². The predicted molar refractivity (Wildman–Crippen MR) is 51.3 cm³/mol. The first-order chi connectivity index (χ1) is 6.79. The van der Waals surface area contributed by atoms with E-state index in [-0.39, 0.29) is 12.1 Å². The molecular weight excluding hydrogens is 180 g/mol. The third-order valence-electron chi connectivity index (χ3n) is 2.24. The Labute approximate surface area is 81.5 Å². The van der Waals surface area contributed by atoms with E-state index in [4.69, 9.17) is 20.3 Å². The van der Waals surface area contributed by atoms with Crippen LogP contribution in [0.4, 0.5) is 0 Å². The Hall–Kier alpha value is -1.52. The van der Waals surface area contributed by atoms with E-state index in [1.165, 1.54) is 0 Å². The number of hydrogen-bond donors (Lipinski definition) is 2. The fraction of sp³-hybridized carbons (Fsp3) is 0.200. The average molecular weight is 192 g/mol. The van der Waals surface area contributed by atoms with Gasteiger partial charge in [0, 0.05) is 11.1 Å². The highest BCUT2D eigenvalue weighted by molar-refractivity contribution is 5.21. The normalized spacial score (nSPS) is 15.3. The molecule has 0 spiro atoms. The number of rotatable bonds is 3. The second-order valence-electron chi connectivity index (χ2n) is 3.16. The van der Waals surface area contributed by atoms with Crippen LogP contribution in [0.25, 0.3) is 0 Å². The van der Waals surface area contributed by atoms with Crippen LogP contribution in [-0.2, 0) is 0 Å². The Morgan fingerprint density at radius 3 is 1.57 bits per heavy atom. The van der Waals surface area contributed by atoms with Crippen molar-refractivity contribution in [1.29, 1.82) is 0 Å². The fourth-order valence-corrected chi connectivity index (χ4v) is 1.34. The molecule has 0 aliphatic heterocycles. The van der Waals surface area contributed by atoms with E-state index >= 15 is 0 Å². The molecule has 2 aromatic rings. The fourth-order valence-electron chi connectivity index (χ4n) is 1.34. The lowest BCUT2D eigenvalue weighted by Gasteiger charge is -2.16. The van der Waals surface area contributed by atoms with Crippen LogP contribution in [0, 0.1) is 0 Å². The van der Waals surface area contributed by atoms with Crippen molar-refractivity contribution < 1.29 is 8.83 Å². The highest BCUT2D eigenvalue weighted by atomic mass is 16.3. The molecular formula is C10H12N2O2. The summed E-state index contributed by atoms with van der Waals surface area (Å²) in [6, 6.07) is 3.08. The summed E-state index contributed by atoms with van der Waals surface area (Å²) < 4.78 is 9.89. The van der Waals surface area contributed by atoms with Crippen LogP contribution in [0.2, 0.25) is 0 Å². The van der Waals surface area contributed by atoms with E-state index < -0.39 is 0 Å². The van der Waals surface area contributed by atoms with Crippen molar-refractivity contribution in [1.82, 2.24) is 0 Å². The van der Waals surface area contributed by atoms with E-state index in [9.17, 15) is 0 Å². The zero-order valence-corrected chi connectivity index (χ0v) is 7.59. The molecule has 2 atom stereocenters. The molecule has 4 heteroatoms. The van der Waals surface area contributed by atoms with Crippen LogP contribution < -0.4 is 11.5 Å². The van der Waals surface area contributed by atoms with Crippen LogP contribution >= 0.6 is 0 Å². The lowest BCUT2D eigenvalue weighted by molar-refractivity contribution is 0.525. The standard InChI is InChI=1S/C10H12N2O2/c11-9(7-1-3-13-5-7)10(12)8-2-4-14-6-8/h1-6,9-10H,11-12H2/t9-,10-/m1/s1. The molecule has 2 rings (SSSR count). The maximum atomic E-state index is 5.95. The van der Waals surface area contributed by atoms with E-state index in [2.05, 4.69) is 0 Å². The molecule has 0 saturated heterocycles. The maximum absolute atomic E-state index is 5.95. The second-order valence-corrected chi connectivity index (χ2v) is 3.16. The van der Waals surface area contributed by atoms with Crippen LogP contribution in [-0.4, -0.2) is 0 Å². The second kappa shape index (κ2) is 3.69. The van der Waals surface area contributed by atoms with Crippen molar-refractivity contribution in [2.24, 2.45) is 11.5 Å². The summed E-state index contributed by atoms with van der Waals surface area (Å²) in [6.45, 7) is 0. The Morgan fingerprint density at radius 1 is 0.857 bits per heavy atom. The van der Waals surface area contributed by atoms with Crippen LogP contribution in [0.3, 0.4) is 0 Å². The molecule has 2 aromatic heterocycles. The molecule has 0 bridgehead atoms. The molecule has 0 unspecified atom stereocenters. The molecule has 0 aliphatic rings. The average Bonchev–Trinajstić information content (AvgIpc) is 2.87. The van der Waals surface area contributed by atoms with Crippen LogP contribution in [0.5, 0.6) is 0 Å². The van der Waals surface area contributed by atoms with Gasteiger partial charge in [-0.05, 0) is 12.1 Å². The zero-order chi connectivity index (χ0) is 9.97. The van der Waals surface area contributed by atoms with Gasteiger partial charge < -0.3 is 20.3 Å². The van der Waals surface area contributed by atoms with Gasteiger partial charge in [-0.25, -0.2) is 0 Å². The van der Waals surface area contributed by atoms with Gasteiger partial charge in [-0.15, -0.1) is 0 Å². The topological polar surface area (TPSA) is 78.3 Å². The summed E-state index contributed by atoms with van der Waals surface area (Å²) in [5.41, 5.74) is 13.7. The van der Waals surface area contributed by atoms with Crippen molar-refractivity contribution in [2.75, 3.05) is 0 Å². The third kappa shape index (κ3) is 1.57. The largest absolute Gasteiger partial charge is 0.472 e. The molecule has 2 heterocycles. The first-order valence-corrected chi connectivity index (χ1v) is 4.34. The molecule has 74 valence electrons. The third-order valence-corrected chi connectivity index (χ3v) is 2.24. The van der Waals surface area contributed by atoms with Gasteiger partial charge in [-0.2, -0.15) is 0 Å². The number of hydrogen-bond acceptors (Lipinski definition) is 4. The molecule has 0 fully saturated rings. The van der Waals surface area contributed by atoms with Crippen molar-refractivity contribution in [3.8, 4) is 0 Å². The minimum Gasteiger partial charge on any atom is -0.472 e. The van der Waals surface area contributed by atoms with E-state index in [1.54, 1.807) is 25.1 Å². The molecule has 0 saturated carbocycles. The zero-order valence-electron chi connectivity index (χ0n) is 7.59. The first kappa shape index (κ1) is 9.05. The molecule has 14 heavy (non-hydrogen) atoms. The van der Waals surface area contributed by atoms with Gasteiger partial charge in [0.05, 0.1) is 37.1 Å². The van der Waals surface area contributed by atoms with E-state index in [0.717, 1.165) is 11.1 Å². The highest BCUT2D eigenvalue weighted by Crippen LogP contribution is 2.24. The predicted octanol–water partition coefficient (Wildman–Crippen LogP) is 1.57. The van der Waals surface area contributed by atoms with Gasteiger partial charge in [-0.1, -0.05) is 0 Å². The smallest absolute Gasteiger partial charge is 0.0951 e. The van der Waals surface area contributed by atoms with Gasteiger partial charge in [-0.3, -0.25) is 0 Å². The van der Waals surface area contributed by atoms with Crippen LogP contribution in [0.1, 0.15) is 23.2 Å². The Morgan fingerprint density at radius 2 is 1.29 bits per heavy atom. The Balaban J connectivity index is 2.16. The SMILES string of the molecule is N[C@H](c1ccoc1)[C@H](N)c1ccoc1. The minimum absolute atomic E-state index is 0.272. The summed E-state index contributed by atoms with van der Waals surface area (Å²) >= 11 is 0. The summed E-state index contributed by atoms with van der Waals surface area (Å²) in [5.74, 6) is 0. The van der Waals surface area contributed by atoms with Gasteiger partial charge in [0.25, 0.3) is 0 Å². The summed E-state index contributed by atoms with van der Waals surface area (Å²) in [5, 5.41) is 0. The van der Waals surface area contributed by atoms with Gasteiger partial charge in [0.15, 0.2) is 0 Å².